The summed E-state index contributed by atoms with van der Waals surface area (Å²) in [4.78, 5) is 11.4. The molecule has 5 nitrogen and oxygen atoms in total. The van der Waals surface area contributed by atoms with E-state index in [-0.39, 0.29) is 5.91 Å². The maximum atomic E-state index is 11.4. The molecular formula is C9H12N4O. The van der Waals surface area contributed by atoms with Gasteiger partial charge in [0, 0.05) is 12.7 Å². The van der Waals surface area contributed by atoms with Gasteiger partial charge >= 0.3 is 0 Å². The molecule has 2 N–H and O–H groups in total. The lowest BCUT2D eigenvalue weighted by Gasteiger charge is -2.14. The number of nitriles is 1. The van der Waals surface area contributed by atoms with Gasteiger partial charge in [0.25, 0.3) is 5.91 Å². The zero-order valence-corrected chi connectivity index (χ0v) is 8.16. The van der Waals surface area contributed by atoms with Gasteiger partial charge in [0.1, 0.15) is 0 Å². The van der Waals surface area contributed by atoms with Gasteiger partial charge in [0.05, 0.1) is 23.2 Å². The molecule has 0 saturated heterocycles. The van der Waals surface area contributed by atoms with Crippen LogP contribution in [0.1, 0.15) is 24.2 Å². The third-order valence-corrected chi connectivity index (χ3v) is 1.75. The zero-order valence-electron chi connectivity index (χ0n) is 8.16. The summed E-state index contributed by atoms with van der Waals surface area (Å²) >= 11 is 0. The van der Waals surface area contributed by atoms with Crippen LogP contribution in [0.15, 0.2) is 12.4 Å². The number of carbonyl (C=O) groups excluding carboxylic acids is 1. The molecule has 0 bridgehead atoms. The van der Waals surface area contributed by atoms with Crippen molar-refractivity contribution < 1.29 is 4.79 Å². The lowest BCUT2D eigenvalue weighted by atomic mass is 9.96. The van der Waals surface area contributed by atoms with Crippen molar-refractivity contribution in [3.05, 3.63) is 18.0 Å². The Morgan fingerprint density at radius 2 is 2.50 bits per heavy atom. The van der Waals surface area contributed by atoms with Crippen molar-refractivity contribution in [2.75, 3.05) is 6.54 Å². The molecule has 1 heterocycles. The third-order valence-electron chi connectivity index (χ3n) is 1.75. The van der Waals surface area contributed by atoms with Gasteiger partial charge in [-0.2, -0.15) is 10.4 Å². The van der Waals surface area contributed by atoms with Gasteiger partial charge in [-0.1, -0.05) is 0 Å². The summed E-state index contributed by atoms with van der Waals surface area (Å²) in [5, 5.41) is 17.6. The smallest absolute Gasteiger partial charge is 0.254 e. The van der Waals surface area contributed by atoms with E-state index in [1.807, 2.05) is 0 Å². The van der Waals surface area contributed by atoms with Crippen LogP contribution in [0, 0.1) is 16.7 Å². The molecule has 0 spiro atoms. The Morgan fingerprint density at radius 3 is 3.00 bits per heavy atom. The quantitative estimate of drug-likeness (QED) is 0.739. The van der Waals surface area contributed by atoms with Crippen molar-refractivity contribution in [3.63, 3.8) is 0 Å². The molecular weight excluding hydrogens is 180 g/mol. The van der Waals surface area contributed by atoms with Gasteiger partial charge in [0.15, 0.2) is 0 Å². The maximum Gasteiger partial charge on any atom is 0.254 e. The first-order chi connectivity index (χ1) is 6.55. The van der Waals surface area contributed by atoms with Gasteiger partial charge < -0.3 is 5.32 Å². The van der Waals surface area contributed by atoms with Crippen LogP contribution >= 0.6 is 0 Å². The summed E-state index contributed by atoms with van der Waals surface area (Å²) < 4.78 is 0. The molecule has 1 aromatic heterocycles. The van der Waals surface area contributed by atoms with Gasteiger partial charge in [0.2, 0.25) is 0 Å². The largest absolute Gasteiger partial charge is 0.350 e. The molecule has 0 atom stereocenters. The standard InChI is InChI=1S/C9H12N4O/c1-9(2,5-10)6-11-8(14)7-3-12-13-4-7/h3-4H,6H2,1-2H3,(H,11,14)(H,12,13). The number of nitrogens with zero attached hydrogens (tertiary/aromatic N) is 2. The number of nitrogens with one attached hydrogen (secondary N) is 2. The Hall–Kier alpha value is -1.83. The molecule has 1 aromatic rings. The minimum atomic E-state index is -0.542. The van der Waals surface area contributed by atoms with E-state index in [4.69, 9.17) is 5.26 Å². The topological polar surface area (TPSA) is 81.6 Å². The van der Waals surface area contributed by atoms with Crippen LogP contribution < -0.4 is 5.32 Å². The molecule has 0 saturated carbocycles. The monoisotopic (exact) mass is 192 g/mol. The van der Waals surface area contributed by atoms with Crippen molar-refractivity contribution in [3.8, 4) is 6.07 Å². The van der Waals surface area contributed by atoms with Gasteiger partial charge in [-0.15, -0.1) is 0 Å². The molecule has 0 aliphatic heterocycles. The van der Waals surface area contributed by atoms with Crippen molar-refractivity contribution in [2.45, 2.75) is 13.8 Å². The van der Waals surface area contributed by atoms with Crippen LogP contribution in [0.2, 0.25) is 0 Å². The van der Waals surface area contributed by atoms with E-state index in [0.29, 0.717) is 12.1 Å². The van der Waals surface area contributed by atoms with Gasteiger partial charge in [-0.3, -0.25) is 9.89 Å². The highest BCUT2D eigenvalue weighted by atomic mass is 16.1. The normalized spacial score (nSPS) is 10.6. The second kappa shape index (κ2) is 3.92. The number of amides is 1. The summed E-state index contributed by atoms with van der Waals surface area (Å²) in [5.74, 6) is -0.220. The number of hydrogen-bond donors (Lipinski definition) is 2. The third kappa shape index (κ3) is 2.59. The highest BCUT2D eigenvalue weighted by molar-refractivity contribution is 5.93. The first kappa shape index (κ1) is 10.3. The summed E-state index contributed by atoms with van der Waals surface area (Å²) in [6.07, 6.45) is 2.95. The minimum absolute atomic E-state index is 0.220. The number of hydrogen-bond acceptors (Lipinski definition) is 3. The predicted octanol–water partition coefficient (Wildman–Crippen LogP) is 0.689. The highest BCUT2D eigenvalue weighted by Crippen LogP contribution is 2.10. The Kier molecular flexibility index (Phi) is 2.87. The molecule has 0 aliphatic carbocycles. The second-order valence-electron chi connectivity index (χ2n) is 3.67. The van der Waals surface area contributed by atoms with E-state index >= 15 is 0 Å². The first-order valence-electron chi connectivity index (χ1n) is 4.23. The van der Waals surface area contributed by atoms with E-state index in [1.165, 1.54) is 12.4 Å². The average molecular weight is 192 g/mol. The highest BCUT2D eigenvalue weighted by Gasteiger charge is 2.18. The Bertz CT molecular complexity index is 347. The van der Waals surface area contributed by atoms with Crippen LogP contribution in [0.5, 0.6) is 0 Å². The molecule has 0 fully saturated rings. The molecule has 1 amide bonds. The predicted molar refractivity (Wildman–Crippen MR) is 50.3 cm³/mol. The first-order valence-corrected chi connectivity index (χ1v) is 4.23. The van der Waals surface area contributed by atoms with Crippen molar-refractivity contribution in [1.82, 2.24) is 15.5 Å². The van der Waals surface area contributed by atoms with Crippen LogP contribution in [-0.4, -0.2) is 22.6 Å². The van der Waals surface area contributed by atoms with E-state index in [1.54, 1.807) is 13.8 Å². The van der Waals surface area contributed by atoms with Crippen LogP contribution in [-0.2, 0) is 0 Å². The van der Waals surface area contributed by atoms with Crippen molar-refractivity contribution >= 4 is 5.91 Å². The second-order valence-corrected chi connectivity index (χ2v) is 3.67. The number of H-pyrrole nitrogens is 1. The molecule has 14 heavy (non-hydrogen) atoms. The molecule has 5 heteroatoms. The number of carbonyl (C=O) groups is 1. The molecule has 0 aromatic carbocycles. The summed E-state index contributed by atoms with van der Waals surface area (Å²) in [7, 11) is 0. The fraction of sp³-hybridized carbons (Fsp3) is 0.444. The molecule has 0 aliphatic rings. The van der Waals surface area contributed by atoms with Crippen molar-refractivity contribution in [2.24, 2.45) is 5.41 Å². The van der Waals surface area contributed by atoms with E-state index in [9.17, 15) is 4.79 Å². The van der Waals surface area contributed by atoms with Gasteiger partial charge in [-0.25, -0.2) is 0 Å². The summed E-state index contributed by atoms with van der Waals surface area (Å²) in [6.45, 7) is 3.86. The van der Waals surface area contributed by atoms with Crippen LogP contribution in [0.3, 0.4) is 0 Å². The Balaban J connectivity index is 2.49. The summed E-state index contributed by atoms with van der Waals surface area (Å²) in [6, 6.07) is 2.10. The molecule has 0 unspecified atom stereocenters. The molecule has 74 valence electrons. The van der Waals surface area contributed by atoms with E-state index < -0.39 is 5.41 Å². The Morgan fingerprint density at radius 1 is 1.79 bits per heavy atom. The average Bonchev–Trinajstić information content (AvgIpc) is 2.67. The summed E-state index contributed by atoms with van der Waals surface area (Å²) in [5.41, 5.74) is -0.0712. The van der Waals surface area contributed by atoms with Crippen molar-refractivity contribution in [1.29, 1.82) is 5.26 Å². The van der Waals surface area contributed by atoms with E-state index in [0.717, 1.165) is 0 Å². The fourth-order valence-corrected chi connectivity index (χ4v) is 0.818. The molecule has 0 radical (unpaired) electrons. The number of aromatic amines is 1. The van der Waals surface area contributed by atoms with Gasteiger partial charge in [-0.05, 0) is 13.8 Å². The lowest BCUT2D eigenvalue weighted by molar-refractivity contribution is 0.0944. The van der Waals surface area contributed by atoms with Crippen LogP contribution in [0.4, 0.5) is 0 Å². The van der Waals surface area contributed by atoms with Crippen LogP contribution in [0.25, 0.3) is 0 Å². The van der Waals surface area contributed by atoms with E-state index in [2.05, 4.69) is 21.6 Å². The SMILES string of the molecule is CC(C)(C#N)CNC(=O)c1cn[nH]c1. The number of aromatic nitrogens is 2. The minimum Gasteiger partial charge on any atom is -0.350 e. The fourth-order valence-electron chi connectivity index (χ4n) is 0.818. The lowest BCUT2D eigenvalue weighted by Crippen LogP contribution is -2.32. The Labute approximate surface area is 82.1 Å². The maximum absolute atomic E-state index is 11.4. The molecule has 1 rings (SSSR count). The zero-order chi connectivity index (χ0) is 10.6. The number of rotatable bonds is 3.